The first-order valence-electron chi connectivity index (χ1n) is 5.98. The van der Waals surface area contributed by atoms with Crippen LogP contribution in [0.15, 0.2) is 0 Å². The van der Waals surface area contributed by atoms with Crippen molar-refractivity contribution >= 4 is 5.97 Å². The van der Waals surface area contributed by atoms with Crippen molar-refractivity contribution in [2.45, 2.75) is 19.3 Å². The molecule has 0 saturated carbocycles. The Kier molecular flexibility index (Phi) is 6.37. The third kappa shape index (κ3) is 5.44. The van der Waals surface area contributed by atoms with Gasteiger partial charge in [0.25, 0.3) is 0 Å². The molecule has 5 nitrogen and oxygen atoms in total. The third-order valence-electron chi connectivity index (χ3n) is 2.94. The summed E-state index contributed by atoms with van der Waals surface area (Å²) in [5, 5.41) is 20.2. The third-order valence-corrected chi connectivity index (χ3v) is 2.94. The molecule has 0 amide bonds. The van der Waals surface area contributed by atoms with Gasteiger partial charge >= 0.3 is 5.97 Å². The number of aliphatic carboxylic acids is 1. The summed E-state index contributed by atoms with van der Waals surface area (Å²) in [6, 6.07) is 0. The van der Waals surface area contributed by atoms with Crippen LogP contribution in [0, 0.1) is 5.92 Å². The van der Waals surface area contributed by atoms with E-state index >= 15 is 0 Å². The minimum Gasteiger partial charge on any atom is -0.480 e. The van der Waals surface area contributed by atoms with Gasteiger partial charge < -0.3 is 20.4 Å². The largest absolute Gasteiger partial charge is 0.480 e. The Bertz CT molecular complexity index is 211. The molecule has 0 aromatic heterocycles. The molecule has 0 spiro atoms. The molecule has 1 unspecified atom stereocenters. The van der Waals surface area contributed by atoms with Crippen LogP contribution in [0.3, 0.4) is 0 Å². The molecule has 0 aliphatic carbocycles. The summed E-state index contributed by atoms with van der Waals surface area (Å²) in [5.41, 5.74) is 0. The fourth-order valence-corrected chi connectivity index (χ4v) is 2.20. The van der Waals surface area contributed by atoms with Gasteiger partial charge in [0.2, 0.25) is 0 Å². The van der Waals surface area contributed by atoms with Crippen LogP contribution in [-0.4, -0.2) is 60.4 Å². The van der Waals surface area contributed by atoms with Crippen molar-refractivity contribution in [3.8, 4) is 0 Å². The Balaban J connectivity index is 2.14. The van der Waals surface area contributed by atoms with E-state index in [1.165, 1.54) is 12.8 Å². The highest BCUT2D eigenvalue weighted by Gasteiger charge is 2.19. The van der Waals surface area contributed by atoms with Crippen LogP contribution in [-0.2, 0) is 4.79 Å². The molecule has 3 N–H and O–H groups in total. The van der Waals surface area contributed by atoms with E-state index in [-0.39, 0.29) is 13.2 Å². The highest BCUT2D eigenvalue weighted by molar-refractivity contribution is 5.68. The summed E-state index contributed by atoms with van der Waals surface area (Å²) >= 11 is 0. The molecule has 1 rings (SSSR count). The van der Waals surface area contributed by atoms with Gasteiger partial charge in [0.15, 0.2) is 0 Å². The number of piperidine rings is 1. The minimum absolute atomic E-state index is 0.0488. The number of likely N-dealkylation sites (tertiary alicyclic amines) is 1. The first kappa shape index (κ1) is 13.4. The van der Waals surface area contributed by atoms with E-state index in [1.807, 2.05) is 0 Å². The molecule has 1 atom stereocenters. The zero-order valence-corrected chi connectivity index (χ0v) is 9.69. The number of carboxylic acid groups (broad SMARTS) is 1. The lowest BCUT2D eigenvalue weighted by molar-refractivity contribution is -0.136. The number of nitrogens with one attached hydrogen (secondary N) is 1. The first-order valence-corrected chi connectivity index (χ1v) is 5.98. The van der Waals surface area contributed by atoms with E-state index in [4.69, 9.17) is 10.2 Å². The molecule has 16 heavy (non-hydrogen) atoms. The van der Waals surface area contributed by atoms with Crippen molar-refractivity contribution in [3.05, 3.63) is 0 Å². The maximum absolute atomic E-state index is 10.3. The molecule has 0 bridgehead atoms. The molecule has 1 aliphatic rings. The number of carbonyl (C=O) groups is 1. The zero-order valence-electron chi connectivity index (χ0n) is 9.69. The number of aliphatic hydroxyl groups excluding tert-OH is 1. The molecule has 1 aliphatic heterocycles. The number of aliphatic hydroxyl groups is 1. The number of hydrogen-bond acceptors (Lipinski definition) is 4. The number of rotatable bonds is 7. The molecule has 1 heterocycles. The smallest absolute Gasteiger partial charge is 0.317 e. The van der Waals surface area contributed by atoms with E-state index in [1.54, 1.807) is 0 Å². The van der Waals surface area contributed by atoms with Gasteiger partial charge in [0.05, 0.1) is 6.54 Å². The molecule has 0 aromatic rings. The Labute approximate surface area is 96.4 Å². The Morgan fingerprint density at radius 1 is 1.50 bits per heavy atom. The van der Waals surface area contributed by atoms with Gasteiger partial charge in [0.1, 0.15) is 0 Å². The summed E-state index contributed by atoms with van der Waals surface area (Å²) in [6.45, 7) is 4.15. The lowest BCUT2D eigenvalue weighted by Gasteiger charge is -2.32. The van der Waals surface area contributed by atoms with E-state index < -0.39 is 5.97 Å². The maximum Gasteiger partial charge on any atom is 0.317 e. The van der Waals surface area contributed by atoms with Crippen LogP contribution in [0.5, 0.6) is 0 Å². The fraction of sp³-hybridized carbons (Fsp3) is 0.909. The monoisotopic (exact) mass is 230 g/mol. The van der Waals surface area contributed by atoms with Gasteiger partial charge in [-0.2, -0.15) is 0 Å². The van der Waals surface area contributed by atoms with Crippen molar-refractivity contribution in [3.63, 3.8) is 0 Å². The van der Waals surface area contributed by atoms with Gasteiger partial charge in [0, 0.05) is 19.7 Å². The normalized spacial score (nSPS) is 22.2. The lowest BCUT2D eigenvalue weighted by Crippen LogP contribution is -2.41. The highest BCUT2D eigenvalue weighted by atomic mass is 16.4. The van der Waals surface area contributed by atoms with Crippen LogP contribution in [0.25, 0.3) is 0 Å². The number of carboxylic acids is 1. The van der Waals surface area contributed by atoms with Crippen LogP contribution < -0.4 is 5.32 Å². The molecule has 0 aromatic carbocycles. The fourth-order valence-electron chi connectivity index (χ4n) is 2.20. The van der Waals surface area contributed by atoms with Gasteiger partial charge in [-0.3, -0.25) is 4.79 Å². The SMILES string of the molecule is O=C(O)CNCC1CCCN(CCCO)C1. The first-order chi connectivity index (χ1) is 7.72. The van der Waals surface area contributed by atoms with E-state index in [0.29, 0.717) is 5.92 Å². The number of nitrogens with zero attached hydrogens (tertiary/aromatic N) is 1. The molecule has 1 fully saturated rings. The van der Waals surface area contributed by atoms with Crippen molar-refractivity contribution in [2.75, 3.05) is 39.3 Å². The van der Waals surface area contributed by atoms with Gasteiger partial charge in [-0.1, -0.05) is 0 Å². The summed E-state index contributed by atoms with van der Waals surface area (Å²) in [5.74, 6) is -0.250. The maximum atomic E-state index is 10.3. The second kappa shape index (κ2) is 7.60. The van der Waals surface area contributed by atoms with Crippen LogP contribution in [0.2, 0.25) is 0 Å². The minimum atomic E-state index is -0.798. The Morgan fingerprint density at radius 3 is 3.00 bits per heavy atom. The highest BCUT2D eigenvalue weighted by Crippen LogP contribution is 2.15. The predicted molar refractivity (Wildman–Crippen MR) is 61.4 cm³/mol. The van der Waals surface area contributed by atoms with E-state index in [2.05, 4.69) is 10.2 Å². The zero-order chi connectivity index (χ0) is 11.8. The quantitative estimate of drug-likeness (QED) is 0.563. The van der Waals surface area contributed by atoms with Gasteiger partial charge in [-0.15, -0.1) is 0 Å². The molecular weight excluding hydrogens is 208 g/mol. The summed E-state index contributed by atoms with van der Waals surface area (Å²) < 4.78 is 0. The van der Waals surface area contributed by atoms with Crippen molar-refractivity contribution in [2.24, 2.45) is 5.92 Å². The van der Waals surface area contributed by atoms with Gasteiger partial charge in [-0.25, -0.2) is 0 Å². The Morgan fingerprint density at radius 2 is 2.31 bits per heavy atom. The summed E-state index contributed by atoms with van der Waals surface area (Å²) in [6.07, 6.45) is 3.17. The van der Waals surface area contributed by atoms with Crippen LogP contribution in [0.1, 0.15) is 19.3 Å². The van der Waals surface area contributed by atoms with E-state index in [9.17, 15) is 4.79 Å². The van der Waals surface area contributed by atoms with Crippen molar-refractivity contribution in [1.82, 2.24) is 10.2 Å². The average Bonchev–Trinajstić information content (AvgIpc) is 2.26. The molecule has 94 valence electrons. The standard InChI is InChI=1S/C11H22N2O3/c14-6-2-5-13-4-1-3-10(9-13)7-12-8-11(15)16/h10,12,14H,1-9H2,(H,15,16). The van der Waals surface area contributed by atoms with Crippen LogP contribution in [0.4, 0.5) is 0 Å². The summed E-state index contributed by atoms with van der Waals surface area (Å²) in [4.78, 5) is 12.7. The molecular formula is C11H22N2O3. The summed E-state index contributed by atoms with van der Waals surface area (Å²) in [7, 11) is 0. The van der Waals surface area contributed by atoms with Gasteiger partial charge in [-0.05, 0) is 38.3 Å². The second-order valence-corrected chi connectivity index (χ2v) is 4.41. The molecule has 0 radical (unpaired) electrons. The molecule has 5 heteroatoms. The molecule has 1 saturated heterocycles. The Hall–Kier alpha value is -0.650. The number of hydrogen-bond donors (Lipinski definition) is 3. The van der Waals surface area contributed by atoms with E-state index in [0.717, 1.165) is 32.6 Å². The van der Waals surface area contributed by atoms with Crippen molar-refractivity contribution < 1.29 is 15.0 Å². The average molecular weight is 230 g/mol. The van der Waals surface area contributed by atoms with Crippen LogP contribution >= 0.6 is 0 Å². The predicted octanol–water partition coefficient (Wildman–Crippen LogP) is -0.245. The topological polar surface area (TPSA) is 72.8 Å². The lowest BCUT2D eigenvalue weighted by atomic mass is 9.98. The second-order valence-electron chi connectivity index (χ2n) is 4.41. The van der Waals surface area contributed by atoms with Crippen molar-refractivity contribution in [1.29, 1.82) is 0 Å².